The van der Waals surface area contributed by atoms with Crippen LogP contribution >= 0.6 is 0 Å². The van der Waals surface area contributed by atoms with Crippen molar-refractivity contribution in [3.05, 3.63) is 138 Å². The first kappa shape index (κ1) is 30.5. The highest BCUT2D eigenvalue weighted by molar-refractivity contribution is 7.88. The van der Waals surface area contributed by atoms with E-state index in [1.165, 1.54) is 4.90 Å². The number of hydrogen-bond acceptors (Lipinski definition) is 5. The molecule has 1 atom stereocenters. The Morgan fingerprint density at radius 1 is 0.738 bits per heavy atom. The molecule has 0 aromatic heterocycles. The molecule has 8 nitrogen and oxygen atoms in total. The average molecular weight is 586 g/mol. The van der Waals surface area contributed by atoms with E-state index in [-0.39, 0.29) is 25.5 Å². The highest BCUT2D eigenvalue weighted by atomic mass is 32.2. The number of rotatable bonds is 13. The maximum absolute atomic E-state index is 14.1. The number of carbonyl (C=O) groups is 2. The van der Waals surface area contributed by atoms with Crippen LogP contribution in [0, 0.1) is 0 Å². The molecule has 42 heavy (non-hydrogen) atoms. The summed E-state index contributed by atoms with van der Waals surface area (Å²) in [5.41, 5.74) is 3.04. The molecule has 0 fully saturated rings. The van der Waals surface area contributed by atoms with Gasteiger partial charge >= 0.3 is 0 Å². The molecule has 0 heterocycles. The normalized spacial score (nSPS) is 12.0. The van der Waals surface area contributed by atoms with E-state index < -0.39 is 28.5 Å². The first-order valence-electron chi connectivity index (χ1n) is 13.5. The summed E-state index contributed by atoms with van der Waals surface area (Å²) in [6.45, 7) is -0.0406. The van der Waals surface area contributed by atoms with Crippen LogP contribution in [0.5, 0.6) is 5.75 Å². The second-order valence-electron chi connectivity index (χ2n) is 9.90. The van der Waals surface area contributed by atoms with Crippen molar-refractivity contribution < 1.29 is 22.7 Å². The lowest BCUT2D eigenvalue weighted by Gasteiger charge is -2.33. The van der Waals surface area contributed by atoms with Crippen molar-refractivity contribution in [1.82, 2.24) is 14.5 Å². The summed E-state index contributed by atoms with van der Waals surface area (Å²) >= 11 is 0. The van der Waals surface area contributed by atoms with E-state index in [1.807, 2.05) is 103 Å². The molecule has 0 aliphatic heterocycles. The summed E-state index contributed by atoms with van der Waals surface area (Å²) in [6, 6.07) is 33.8. The van der Waals surface area contributed by atoms with E-state index in [9.17, 15) is 18.0 Å². The molecule has 0 bridgehead atoms. The molecule has 1 N–H and O–H groups in total. The van der Waals surface area contributed by atoms with Gasteiger partial charge in [0.15, 0.2) is 0 Å². The third kappa shape index (κ3) is 8.52. The van der Waals surface area contributed by atoms with Crippen LogP contribution in [0.15, 0.2) is 115 Å². The molecule has 4 aromatic rings. The quantitative estimate of drug-likeness (QED) is 0.249. The van der Waals surface area contributed by atoms with E-state index >= 15 is 0 Å². The van der Waals surface area contributed by atoms with E-state index in [2.05, 4.69) is 5.32 Å². The second kappa shape index (κ2) is 14.4. The third-order valence-corrected chi connectivity index (χ3v) is 8.00. The van der Waals surface area contributed by atoms with Crippen LogP contribution in [0.4, 0.5) is 0 Å². The molecular weight excluding hydrogens is 550 g/mol. The summed E-state index contributed by atoms with van der Waals surface area (Å²) in [5, 5.41) is 2.97. The fourth-order valence-electron chi connectivity index (χ4n) is 4.56. The van der Waals surface area contributed by atoms with Gasteiger partial charge in [0, 0.05) is 19.6 Å². The molecule has 0 aliphatic rings. The predicted octanol–water partition coefficient (Wildman–Crippen LogP) is 4.54. The van der Waals surface area contributed by atoms with Gasteiger partial charge < -0.3 is 15.0 Å². The summed E-state index contributed by atoms with van der Waals surface area (Å²) < 4.78 is 32.0. The number of methoxy groups -OCH3 is 1. The Kier molecular flexibility index (Phi) is 10.5. The molecule has 0 saturated heterocycles. The van der Waals surface area contributed by atoms with Crippen molar-refractivity contribution in [3.63, 3.8) is 0 Å². The van der Waals surface area contributed by atoms with E-state index in [0.29, 0.717) is 11.3 Å². The zero-order chi connectivity index (χ0) is 30.0. The highest BCUT2D eigenvalue weighted by Gasteiger charge is 2.33. The Balaban J connectivity index is 1.66. The van der Waals surface area contributed by atoms with Gasteiger partial charge in [-0.05, 0) is 34.4 Å². The molecule has 0 aliphatic carbocycles. The number of nitrogens with one attached hydrogen (secondary N) is 1. The summed E-state index contributed by atoms with van der Waals surface area (Å²) in [6.07, 6.45) is 1.08. The fraction of sp³-hybridized carbons (Fsp3) is 0.212. The Labute approximate surface area is 247 Å². The zero-order valence-corrected chi connectivity index (χ0v) is 24.5. The van der Waals surface area contributed by atoms with Crippen molar-refractivity contribution in [2.75, 3.05) is 19.9 Å². The Morgan fingerprint density at radius 2 is 1.26 bits per heavy atom. The second-order valence-corrected chi connectivity index (χ2v) is 11.9. The van der Waals surface area contributed by atoms with Crippen molar-refractivity contribution >= 4 is 21.8 Å². The van der Waals surface area contributed by atoms with Gasteiger partial charge in [-0.1, -0.05) is 103 Å². The molecule has 0 spiro atoms. The maximum atomic E-state index is 14.1. The molecule has 0 unspecified atom stereocenters. The van der Waals surface area contributed by atoms with Gasteiger partial charge in [0.2, 0.25) is 21.8 Å². The van der Waals surface area contributed by atoms with Gasteiger partial charge in [0.25, 0.3) is 0 Å². The van der Waals surface area contributed by atoms with Crippen molar-refractivity contribution in [2.45, 2.75) is 25.7 Å². The lowest BCUT2D eigenvalue weighted by Crippen LogP contribution is -2.47. The average Bonchev–Trinajstić information content (AvgIpc) is 3.00. The number of sulfonamides is 1. The van der Waals surface area contributed by atoms with Gasteiger partial charge in [0.1, 0.15) is 11.8 Å². The fourth-order valence-corrected chi connectivity index (χ4v) is 5.29. The minimum atomic E-state index is -3.75. The Bertz CT molecular complexity index is 1550. The molecular formula is C33H35N3O5S. The van der Waals surface area contributed by atoms with Crippen LogP contribution in [0.2, 0.25) is 0 Å². The Hall–Kier alpha value is -4.47. The lowest BCUT2D eigenvalue weighted by molar-refractivity contribution is -0.141. The van der Waals surface area contributed by atoms with Crippen LogP contribution < -0.4 is 10.1 Å². The molecule has 218 valence electrons. The number of carbonyl (C=O) groups excluding carboxylic acids is 2. The first-order chi connectivity index (χ1) is 20.2. The largest absolute Gasteiger partial charge is 0.497 e. The minimum absolute atomic E-state index is 0.0320. The minimum Gasteiger partial charge on any atom is -0.497 e. The van der Waals surface area contributed by atoms with Crippen LogP contribution in [-0.4, -0.2) is 49.3 Å². The van der Waals surface area contributed by atoms with Gasteiger partial charge in [-0.25, -0.2) is 8.42 Å². The Morgan fingerprint density at radius 3 is 1.79 bits per heavy atom. The maximum Gasteiger partial charge on any atom is 0.247 e. The molecule has 0 saturated carbocycles. The van der Waals surface area contributed by atoms with Crippen LogP contribution in [0.1, 0.15) is 28.3 Å². The topological polar surface area (TPSA) is 96.0 Å². The smallest absolute Gasteiger partial charge is 0.247 e. The molecule has 4 aromatic carbocycles. The SMILES string of the molecule is COc1ccc(CNC(=O)[C@@H](c2ccccc2)N(Cc2ccccc2)C(=O)CN(Cc2ccccc2)S(C)(=O)=O)cc1. The number of ether oxygens (including phenoxy) is 1. The summed E-state index contributed by atoms with van der Waals surface area (Å²) in [5.74, 6) is -0.165. The number of nitrogens with zero attached hydrogens (tertiary/aromatic N) is 2. The van der Waals surface area contributed by atoms with Crippen LogP contribution in [-0.2, 0) is 39.2 Å². The number of benzene rings is 4. The summed E-state index contributed by atoms with van der Waals surface area (Å²) in [7, 11) is -2.16. The standard InChI is InChI=1S/C33H35N3O5S/c1-41-30-20-18-26(19-21-30)22-34-33(38)32(29-16-10-5-11-17-29)36(24-28-14-8-4-9-15-28)31(37)25-35(42(2,39)40)23-27-12-6-3-7-13-27/h3-21,32H,22-25H2,1-2H3,(H,34,38)/t32-/m1/s1. The molecule has 9 heteroatoms. The lowest BCUT2D eigenvalue weighted by atomic mass is 10.0. The van der Waals surface area contributed by atoms with E-state index in [4.69, 9.17) is 4.74 Å². The highest BCUT2D eigenvalue weighted by Crippen LogP contribution is 2.25. The van der Waals surface area contributed by atoms with E-state index in [1.54, 1.807) is 19.2 Å². The van der Waals surface area contributed by atoms with Gasteiger partial charge in [-0.15, -0.1) is 0 Å². The van der Waals surface area contributed by atoms with Gasteiger partial charge in [-0.3, -0.25) is 9.59 Å². The first-order valence-corrected chi connectivity index (χ1v) is 15.4. The van der Waals surface area contributed by atoms with Crippen LogP contribution in [0.25, 0.3) is 0 Å². The zero-order valence-electron chi connectivity index (χ0n) is 23.7. The molecule has 2 amide bonds. The van der Waals surface area contributed by atoms with Gasteiger partial charge in [0.05, 0.1) is 19.9 Å². The summed E-state index contributed by atoms with van der Waals surface area (Å²) in [4.78, 5) is 29.4. The van der Waals surface area contributed by atoms with Crippen molar-refractivity contribution in [1.29, 1.82) is 0 Å². The van der Waals surface area contributed by atoms with Gasteiger partial charge in [-0.2, -0.15) is 4.31 Å². The number of amides is 2. The molecule has 0 radical (unpaired) electrons. The predicted molar refractivity (Wildman–Crippen MR) is 163 cm³/mol. The van der Waals surface area contributed by atoms with Crippen molar-refractivity contribution in [3.8, 4) is 5.75 Å². The van der Waals surface area contributed by atoms with Crippen molar-refractivity contribution in [2.24, 2.45) is 0 Å². The van der Waals surface area contributed by atoms with E-state index in [0.717, 1.165) is 27.3 Å². The third-order valence-electron chi connectivity index (χ3n) is 6.80. The monoisotopic (exact) mass is 585 g/mol. The van der Waals surface area contributed by atoms with Crippen LogP contribution in [0.3, 0.4) is 0 Å². The number of hydrogen-bond donors (Lipinski definition) is 1. The molecule has 4 rings (SSSR count).